The smallest absolute Gasteiger partial charge is 0.204 e. The van der Waals surface area contributed by atoms with E-state index in [9.17, 15) is 8.42 Å². The third kappa shape index (κ3) is 9.70. The van der Waals surface area contributed by atoms with Crippen LogP contribution in [0.5, 0.6) is 0 Å². The predicted octanol–water partition coefficient (Wildman–Crippen LogP) is 7.26. The highest BCUT2D eigenvalue weighted by molar-refractivity contribution is 9.10. The van der Waals surface area contributed by atoms with Crippen LogP contribution in [0.15, 0.2) is 56.6 Å². The predicted molar refractivity (Wildman–Crippen MR) is 168 cm³/mol. The summed E-state index contributed by atoms with van der Waals surface area (Å²) < 4.78 is 26.7. The van der Waals surface area contributed by atoms with Crippen LogP contribution in [0.1, 0.15) is 76.0 Å². The number of thiazole rings is 1. The average Bonchev–Trinajstić information content (AvgIpc) is 3.32. The molecule has 38 heavy (non-hydrogen) atoms. The molecular weight excluding hydrogens is 600 g/mol. The summed E-state index contributed by atoms with van der Waals surface area (Å²) in [5, 5.41) is 8.95. The fourth-order valence-corrected chi connectivity index (χ4v) is 8.25. The average molecular weight is 644 g/mol. The van der Waals surface area contributed by atoms with Gasteiger partial charge >= 0.3 is 0 Å². The van der Waals surface area contributed by atoms with Crippen LogP contribution < -0.4 is 10.6 Å². The van der Waals surface area contributed by atoms with E-state index in [-0.39, 0.29) is 4.90 Å². The van der Waals surface area contributed by atoms with Crippen molar-refractivity contribution in [1.82, 2.24) is 20.5 Å². The van der Waals surface area contributed by atoms with Gasteiger partial charge in [-0.1, -0.05) is 52.3 Å². The van der Waals surface area contributed by atoms with Crippen LogP contribution in [-0.2, 0) is 22.0 Å². The molecule has 1 atom stereocenters. The minimum Gasteiger partial charge on any atom is -0.370 e. The monoisotopic (exact) mass is 642 g/mol. The van der Waals surface area contributed by atoms with E-state index in [1.807, 2.05) is 36.2 Å². The van der Waals surface area contributed by atoms with Gasteiger partial charge in [-0.2, -0.15) is 11.8 Å². The highest BCUT2D eigenvalue weighted by atomic mass is 79.9. The van der Waals surface area contributed by atoms with Crippen molar-refractivity contribution >= 4 is 48.9 Å². The summed E-state index contributed by atoms with van der Waals surface area (Å²) in [6.07, 6.45) is 4.79. The van der Waals surface area contributed by atoms with Crippen molar-refractivity contribution in [3.63, 3.8) is 0 Å². The second kappa shape index (κ2) is 16.7. The number of aryl methyl sites for hydroxylation is 1. The second-order valence-corrected chi connectivity index (χ2v) is 13.7. The molecule has 0 saturated heterocycles. The highest BCUT2D eigenvalue weighted by Crippen LogP contribution is 2.32. The minimum absolute atomic E-state index is 0.244. The molecule has 10 heteroatoms. The lowest BCUT2D eigenvalue weighted by Gasteiger charge is -2.26. The van der Waals surface area contributed by atoms with Gasteiger partial charge in [-0.3, -0.25) is 4.90 Å². The lowest BCUT2D eigenvalue weighted by Crippen LogP contribution is -2.28. The van der Waals surface area contributed by atoms with Crippen molar-refractivity contribution in [1.29, 1.82) is 0 Å². The van der Waals surface area contributed by atoms with Gasteiger partial charge in [0, 0.05) is 33.6 Å². The number of rotatable bonds is 17. The van der Waals surface area contributed by atoms with E-state index < -0.39 is 9.84 Å². The lowest BCUT2D eigenvalue weighted by molar-refractivity contribution is 0.213. The van der Waals surface area contributed by atoms with Crippen molar-refractivity contribution in [2.45, 2.75) is 77.5 Å². The van der Waals surface area contributed by atoms with Gasteiger partial charge in [0.2, 0.25) is 9.84 Å². The summed E-state index contributed by atoms with van der Waals surface area (Å²) in [5.41, 5.74) is 2.32. The molecule has 2 N–H and O–H groups in total. The number of allylic oxidation sites excluding steroid dienone is 1. The fraction of sp³-hybridized carbons (Fsp3) is 0.536. The molecule has 0 amide bonds. The van der Waals surface area contributed by atoms with Crippen LogP contribution in [0.25, 0.3) is 0 Å². The van der Waals surface area contributed by atoms with E-state index in [2.05, 4.69) is 66.1 Å². The summed E-state index contributed by atoms with van der Waals surface area (Å²) in [5.74, 6) is 2.14. The molecule has 1 unspecified atom stereocenters. The molecule has 0 aliphatic rings. The first-order valence-corrected chi connectivity index (χ1v) is 17.7. The topological polar surface area (TPSA) is 74.3 Å². The van der Waals surface area contributed by atoms with Gasteiger partial charge in [0.1, 0.15) is 10.8 Å². The Balaban J connectivity index is 2.07. The molecule has 0 fully saturated rings. The number of aromatic nitrogens is 1. The van der Waals surface area contributed by atoms with E-state index in [4.69, 9.17) is 4.98 Å². The zero-order valence-electron chi connectivity index (χ0n) is 23.5. The third-order valence-corrected chi connectivity index (χ3v) is 11.1. The Morgan fingerprint density at radius 2 is 1.89 bits per heavy atom. The van der Waals surface area contributed by atoms with Gasteiger partial charge in [-0.15, -0.1) is 11.3 Å². The van der Waals surface area contributed by atoms with Gasteiger partial charge in [-0.05, 0) is 67.3 Å². The maximum absolute atomic E-state index is 13.1. The Labute approximate surface area is 246 Å². The summed E-state index contributed by atoms with van der Waals surface area (Å²) in [4.78, 5) is 9.17. The lowest BCUT2D eigenvalue weighted by atomic mass is 10.2. The Morgan fingerprint density at radius 1 is 1.18 bits per heavy atom. The zero-order valence-corrected chi connectivity index (χ0v) is 27.5. The summed E-state index contributed by atoms with van der Waals surface area (Å²) in [7, 11) is -3.64. The molecule has 212 valence electrons. The molecule has 0 saturated carbocycles. The molecule has 0 aliphatic carbocycles. The number of benzene rings is 1. The van der Waals surface area contributed by atoms with E-state index in [1.165, 1.54) is 21.0 Å². The summed E-state index contributed by atoms with van der Waals surface area (Å²) in [6.45, 7) is 15.6. The molecule has 1 aromatic heterocycles. The maximum atomic E-state index is 13.1. The number of halogens is 1. The van der Waals surface area contributed by atoms with Crippen molar-refractivity contribution in [3.05, 3.63) is 67.3 Å². The molecule has 0 aliphatic heterocycles. The Hall–Kier alpha value is -1.33. The van der Waals surface area contributed by atoms with Crippen LogP contribution in [0.2, 0.25) is 0 Å². The molecule has 6 nitrogen and oxygen atoms in total. The number of sulfone groups is 1. The summed E-state index contributed by atoms with van der Waals surface area (Å²) in [6, 6.07) is 7.25. The van der Waals surface area contributed by atoms with Gasteiger partial charge < -0.3 is 10.6 Å². The van der Waals surface area contributed by atoms with Crippen LogP contribution in [0, 0.1) is 0 Å². The first-order valence-electron chi connectivity index (χ1n) is 13.4. The van der Waals surface area contributed by atoms with E-state index in [0.29, 0.717) is 22.9 Å². The molecule has 0 bridgehead atoms. The number of hydrogen-bond donors (Lipinski definition) is 2. The standard InChI is InChI=1S/C28H43BrN4O2S3/c1-7-21(6)18-31-27(20-38(34,35)26-15-13-12-14-22(26)29)30-16-17-36-19-23-25(9-3)37-28(32-23)24(8-2)33(10-4)11-5/h12-15,18,20,24,30-31H,7-11,16-17,19H2,1-6H3/b21-18+,27-20+. The zero-order chi connectivity index (χ0) is 28.1. The third-order valence-electron chi connectivity index (χ3n) is 6.29. The molecule has 2 aromatic rings. The van der Waals surface area contributed by atoms with Crippen molar-refractivity contribution in [2.24, 2.45) is 0 Å². The molecule has 2 rings (SSSR count). The van der Waals surface area contributed by atoms with Crippen LogP contribution in [0.4, 0.5) is 0 Å². The first-order chi connectivity index (χ1) is 18.2. The minimum atomic E-state index is -3.64. The largest absolute Gasteiger partial charge is 0.370 e. The van der Waals surface area contributed by atoms with Gasteiger partial charge in [0.05, 0.1) is 22.0 Å². The quantitative estimate of drug-likeness (QED) is 0.176. The second-order valence-electron chi connectivity index (χ2n) is 8.90. The molecule has 1 heterocycles. The van der Waals surface area contributed by atoms with Crippen molar-refractivity contribution in [3.8, 4) is 0 Å². The van der Waals surface area contributed by atoms with Crippen molar-refractivity contribution in [2.75, 3.05) is 25.4 Å². The highest BCUT2D eigenvalue weighted by Gasteiger charge is 2.21. The molecule has 1 aromatic carbocycles. The fourth-order valence-electron chi connectivity index (χ4n) is 3.94. The van der Waals surface area contributed by atoms with Crippen LogP contribution >= 0.6 is 39.0 Å². The Kier molecular flexibility index (Phi) is 14.4. The van der Waals surface area contributed by atoms with Crippen LogP contribution in [-0.4, -0.2) is 43.7 Å². The number of hydrogen-bond acceptors (Lipinski definition) is 8. The number of thioether (sulfide) groups is 1. The van der Waals surface area contributed by atoms with Crippen molar-refractivity contribution < 1.29 is 8.42 Å². The normalized spacial score (nSPS) is 13.7. The maximum Gasteiger partial charge on any atom is 0.204 e. The van der Waals surface area contributed by atoms with Gasteiger partial charge in [-0.25, -0.2) is 13.4 Å². The van der Waals surface area contributed by atoms with Gasteiger partial charge in [0.15, 0.2) is 0 Å². The summed E-state index contributed by atoms with van der Waals surface area (Å²) >= 11 is 7.04. The van der Waals surface area contributed by atoms with Gasteiger partial charge in [0.25, 0.3) is 0 Å². The molecule has 0 radical (unpaired) electrons. The SMILES string of the molecule is CC/C(C)=C/N/C(=C/S(=O)(=O)c1ccccc1Br)NCCSCc1nc(C(CC)N(CC)CC)sc1CC. The first kappa shape index (κ1) is 32.9. The Morgan fingerprint density at radius 3 is 2.50 bits per heavy atom. The number of nitrogens with one attached hydrogen (secondary N) is 2. The van der Waals surface area contributed by atoms with Crippen LogP contribution in [0.3, 0.4) is 0 Å². The molecular formula is C28H43BrN4O2S3. The Bertz CT molecular complexity index is 1170. The van der Waals surface area contributed by atoms with E-state index >= 15 is 0 Å². The van der Waals surface area contributed by atoms with E-state index in [1.54, 1.807) is 24.3 Å². The van der Waals surface area contributed by atoms with E-state index in [0.717, 1.165) is 49.4 Å². The molecule has 0 spiro atoms. The number of nitrogens with zero attached hydrogens (tertiary/aromatic N) is 2.